The SMILES string of the molecule is CCC(C[N+](=O)[O-])C(=O)/C=C/c1ccccc1. The van der Waals surface area contributed by atoms with Crippen molar-refractivity contribution in [2.24, 2.45) is 5.92 Å². The standard InChI is InChI=1S/C13H15NO3/c1-2-12(10-14(16)17)13(15)9-8-11-6-4-3-5-7-11/h3-9,12H,2,10H2,1H3/b9-8+. The van der Waals surface area contributed by atoms with Crippen LogP contribution in [0.5, 0.6) is 0 Å². The molecule has 0 aromatic heterocycles. The van der Waals surface area contributed by atoms with Crippen molar-refractivity contribution in [2.75, 3.05) is 6.54 Å². The maximum atomic E-state index is 11.7. The Kier molecular flexibility index (Phi) is 5.07. The highest BCUT2D eigenvalue weighted by molar-refractivity contribution is 5.95. The van der Waals surface area contributed by atoms with E-state index in [1.54, 1.807) is 13.0 Å². The van der Waals surface area contributed by atoms with Gasteiger partial charge in [0.15, 0.2) is 5.78 Å². The molecule has 0 amide bonds. The Morgan fingerprint density at radius 2 is 2.06 bits per heavy atom. The molecule has 0 bridgehead atoms. The summed E-state index contributed by atoms with van der Waals surface area (Å²) in [4.78, 5) is 21.6. The second kappa shape index (κ2) is 6.58. The number of hydrogen-bond donors (Lipinski definition) is 0. The van der Waals surface area contributed by atoms with Crippen molar-refractivity contribution in [1.82, 2.24) is 0 Å². The van der Waals surface area contributed by atoms with E-state index in [1.807, 2.05) is 30.3 Å². The normalized spacial score (nSPS) is 12.5. The molecule has 0 aliphatic heterocycles. The summed E-state index contributed by atoms with van der Waals surface area (Å²) in [5.41, 5.74) is 0.914. The highest BCUT2D eigenvalue weighted by Gasteiger charge is 2.19. The molecule has 0 aliphatic rings. The largest absolute Gasteiger partial charge is 0.294 e. The Balaban J connectivity index is 2.64. The molecular weight excluding hydrogens is 218 g/mol. The second-order valence-corrected chi connectivity index (χ2v) is 3.77. The first-order valence-corrected chi connectivity index (χ1v) is 5.52. The molecule has 1 rings (SSSR count). The van der Waals surface area contributed by atoms with Crippen molar-refractivity contribution in [3.63, 3.8) is 0 Å². The lowest BCUT2D eigenvalue weighted by Gasteiger charge is -2.05. The van der Waals surface area contributed by atoms with Gasteiger partial charge < -0.3 is 0 Å². The number of carbonyl (C=O) groups is 1. The highest BCUT2D eigenvalue weighted by Crippen LogP contribution is 2.08. The van der Waals surface area contributed by atoms with Crippen molar-refractivity contribution in [1.29, 1.82) is 0 Å². The van der Waals surface area contributed by atoms with Crippen LogP contribution in [-0.4, -0.2) is 17.3 Å². The molecule has 0 spiro atoms. The van der Waals surface area contributed by atoms with Crippen molar-refractivity contribution >= 4 is 11.9 Å². The van der Waals surface area contributed by atoms with Crippen LogP contribution in [-0.2, 0) is 4.79 Å². The quantitative estimate of drug-likeness (QED) is 0.431. The maximum Gasteiger partial charge on any atom is 0.213 e. The molecule has 0 radical (unpaired) electrons. The van der Waals surface area contributed by atoms with Gasteiger partial charge in [0.25, 0.3) is 0 Å². The molecule has 0 saturated carbocycles. The van der Waals surface area contributed by atoms with Gasteiger partial charge in [-0.1, -0.05) is 43.3 Å². The molecule has 0 saturated heterocycles. The van der Waals surface area contributed by atoms with Crippen molar-refractivity contribution in [2.45, 2.75) is 13.3 Å². The topological polar surface area (TPSA) is 60.2 Å². The average molecular weight is 233 g/mol. The van der Waals surface area contributed by atoms with Crippen LogP contribution >= 0.6 is 0 Å². The van der Waals surface area contributed by atoms with Gasteiger partial charge in [-0.3, -0.25) is 14.9 Å². The highest BCUT2D eigenvalue weighted by atomic mass is 16.6. The van der Waals surface area contributed by atoms with Crippen LogP contribution < -0.4 is 0 Å². The number of allylic oxidation sites excluding steroid dienone is 1. The lowest BCUT2D eigenvalue weighted by molar-refractivity contribution is -0.485. The van der Waals surface area contributed by atoms with Gasteiger partial charge in [0.1, 0.15) is 0 Å². The Morgan fingerprint density at radius 1 is 1.41 bits per heavy atom. The van der Waals surface area contributed by atoms with Gasteiger partial charge in [-0.25, -0.2) is 0 Å². The summed E-state index contributed by atoms with van der Waals surface area (Å²) >= 11 is 0. The van der Waals surface area contributed by atoms with Gasteiger partial charge in [0.05, 0.1) is 5.92 Å². The van der Waals surface area contributed by atoms with Crippen molar-refractivity contribution in [3.8, 4) is 0 Å². The third kappa shape index (κ3) is 4.59. The fourth-order valence-electron chi connectivity index (χ4n) is 1.48. The molecule has 17 heavy (non-hydrogen) atoms. The smallest absolute Gasteiger partial charge is 0.213 e. The predicted molar refractivity (Wildman–Crippen MR) is 66.1 cm³/mol. The van der Waals surface area contributed by atoms with Gasteiger partial charge in [0, 0.05) is 4.92 Å². The molecular formula is C13H15NO3. The van der Waals surface area contributed by atoms with Crippen LogP contribution in [0.4, 0.5) is 0 Å². The van der Waals surface area contributed by atoms with E-state index in [9.17, 15) is 14.9 Å². The summed E-state index contributed by atoms with van der Waals surface area (Å²) in [6.45, 7) is 1.48. The van der Waals surface area contributed by atoms with Gasteiger partial charge >= 0.3 is 0 Å². The van der Waals surface area contributed by atoms with Gasteiger partial charge in [0.2, 0.25) is 6.54 Å². The first kappa shape index (κ1) is 13.1. The van der Waals surface area contributed by atoms with E-state index in [4.69, 9.17) is 0 Å². The summed E-state index contributed by atoms with van der Waals surface area (Å²) in [7, 11) is 0. The minimum Gasteiger partial charge on any atom is -0.294 e. The third-order valence-corrected chi connectivity index (χ3v) is 2.50. The molecule has 0 fully saturated rings. The van der Waals surface area contributed by atoms with E-state index < -0.39 is 10.8 Å². The molecule has 1 aromatic rings. The van der Waals surface area contributed by atoms with Crippen LogP contribution in [0, 0.1) is 16.0 Å². The fourth-order valence-corrected chi connectivity index (χ4v) is 1.48. The molecule has 1 aromatic carbocycles. The van der Waals surface area contributed by atoms with Gasteiger partial charge in [-0.15, -0.1) is 0 Å². The second-order valence-electron chi connectivity index (χ2n) is 3.77. The van der Waals surface area contributed by atoms with E-state index in [0.717, 1.165) is 5.56 Å². The minimum atomic E-state index is -0.523. The monoisotopic (exact) mass is 233 g/mol. The first-order chi connectivity index (χ1) is 8.13. The Morgan fingerprint density at radius 3 is 2.59 bits per heavy atom. The van der Waals surface area contributed by atoms with Crippen LogP contribution in [0.2, 0.25) is 0 Å². The van der Waals surface area contributed by atoms with Crippen molar-refractivity contribution in [3.05, 3.63) is 52.1 Å². The van der Waals surface area contributed by atoms with E-state index in [-0.39, 0.29) is 12.3 Å². The number of rotatable bonds is 6. The molecule has 0 aliphatic carbocycles. The lowest BCUT2D eigenvalue weighted by Crippen LogP contribution is -2.20. The Labute approximate surface area is 100 Å². The molecule has 4 heteroatoms. The first-order valence-electron chi connectivity index (χ1n) is 5.52. The number of ketones is 1. The summed E-state index contributed by atoms with van der Waals surface area (Å²) in [5, 5.41) is 10.4. The summed E-state index contributed by atoms with van der Waals surface area (Å²) in [6, 6.07) is 9.38. The van der Waals surface area contributed by atoms with E-state index in [2.05, 4.69) is 0 Å². The zero-order chi connectivity index (χ0) is 12.7. The zero-order valence-corrected chi connectivity index (χ0v) is 9.70. The third-order valence-electron chi connectivity index (χ3n) is 2.50. The van der Waals surface area contributed by atoms with E-state index >= 15 is 0 Å². The molecule has 1 unspecified atom stereocenters. The van der Waals surface area contributed by atoms with Gasteiger partial charge in [-0.2, -0.15) is 0 Å². The summed E-state index contributed by atoms with van der Waals surface area (Å²) < 4.78 is 0. The molecule has 1 atom stereocenters. The number of nitro groups is 1. The van der Waals surface area contributed by atoms with Crippen LogP contribution in [0.25, 0.3) is 6.08 Å². The Hall–Kier alpha value is -1.97. The lowest BCUT2D eigenvalue weighted by atomic mass is 10.0. The van der Waals surface area contributed by atoms with Crippen LogP contribution in [0.15, 0.2) is 36.4 Å². The summed E-state index contributed by atoms with van der Waals surface area (Å²) in [5.74, 6) is -0.710. The molecule has 4 nitrogen and oxygen atoms in total. The Bertz CT molecular complexity index is 412. The summed E-state index contributed by atoms with van der Waals surface area (Å²) in [6.07, 6.45) is 3.59. The van der Waals surface area contributed by atoms with E-state index in [1.165, 1.54) is 6.08 Å². The number of nitrogens with zero attached hydrogens (tertiary/aromatic N) is 1. The molecule has 90 valence electrons. The van der Waals surface area contributed by atoms with Crippen LogP contribution in [0.1, 0.15) is 18.9 Å². The number of benzene rings is 1. The minimum absolute atomic E-state index is 0.187. The fraction of sp³-hybridized carbons (Fsp3) is 0.308. The van der Waals surface area contributed by atoms with Crippen molar-refractivity contribution < 1.29 is 9.72 Å². The zero-order valence-electron chi connectivity index (χ0n) is 9.70. The van der Waals surface area contributed by atoms with E-state index in [0.29, 0.717) is 6.42 Å². The van der Waals surface area contributed by atoms with Gasteiger partial charge in [-0.05, 0) is 18.1 Å². The average Bonchev–Trinajstić information content (AvgIpc) is 2.34. The number of carbonyl (C=O) groups excluding carboxylic acids is 1. The predicted octanol–water partition coefficient (Wildman–Crippen LogP) is 2.57. The molecule has 0 N–H and O–H groups in total. The van der Waals surface area contributed by atoms with Crippen LogP contribution in [0.3, 0.4) is 0 Å². The number of hydrogen-bond acceptors (Lipinski definition) is 3. The maximum absolute atomic E-state index is 11.7. The molecule has 0 heterocycles.